The molecular weight excluding hydrogens is 248 g/mol. The highest BCUT2D eigenvalue weighted by Crippen LogP contribution is 2.55. The first-order valence-electron chi connectivity index (χ1n) is 8.16. The van der Waals surface area contributed by atoms with E-state index in [-0.39, 0.29) is 23.4 Å². The summed E-state index contributed by atoms with van der Waals surface area (Å²) >= 11 is 0. The maximum atomic E-state index is 6.68. The topological polar surface area (TPSA) is 18.5 Å². The average Bonchev–Trinajstić information content (AvgIpc) is 2.44. The van der Waals surface area contributed by atoms with Crippen molar-refractivity contribution in [1.29, 1.82) is 0 Å². The number of ether oxygens (including phenoxy) is 2. The molecule has 2 heteroatoms. The van der Waals surface area contributed by atoms with Crippen molar-refractivity contribution < 1.29 is 9.47 Å². The fraction of sp³-hybridized carbons (Fsp3) is 0.778. The lowest BCUT2D eigenvalue weighted by atomic mass is 9.60. The zero-order chi connectivity index (χ0) is 14.4. The first-order chi connectivity index (χ1) is 9.55. The molecule has 0 amide bonds. The van der Waals surface area contributed by atoms with Gasteiger partial charge in [-0.1, -0.05) is 25.0 Å². The van der Waals surface area contributed by atoms with E-state index in [1.807, 2.05) is 0 Å². The Morgan fingerprint density at radius 1 is 0.800 bits per heavy atom. The van der Waals surface area contributed by atoms with Gasteiger partial charge in [-0.05, 0) is 39.5 Å². The molecule has 2 saturated carbocycles. The standard InChI is InChI=1S/C18H28O2/c1-5-13-11-12-14(6-2)18(4)17(13,3)19-15-9-7-8-10-16(15)20-18/h5-6,13-16H,1-2,7-12H2,3-4H3/t13-,14+,15-,16-,17+,18-/m0/s1. The van der Waals surface area contributed by atoms with Crippen LogP contribution in [0.5, 0.6) is 0 Å². The Bertz CT molecular complexity index is 366. The van der Waals surface area contributed by atoms with Gasteiger partial charge in [0, 0.05) is 11.8 Å². The molecule has 0 radical (unpaired) electrons. The molecule has 6 atom stereocenters. The van der Waals surface area contributed by atoms with Gasteiger partial charge in [0.2, 0.25) is 0 Å². The van der Waals surface area contributed by atoms with Crippen LogP contribution in [0.4, 0.5) is 0 Å². The molecule has 1 heterocycles. The summed E-state index contributed by atoms with van der Waals surface area (Å²) in [7, 11) is 0. The highest BCUT2D eigenvalue weighted by atomic mass is 16.6. The van der Waals surface area contributed by atoms with Crippen LogP contribution in [0.25, 0.3) is 0 Å². The lowest BCUT2D eigenvalue weighted by Gasteiger charge is -2.62. The van der Waals surface area contributed by atoms with Crippen LogP contribution >= 0.6 is 0 Å². The molecule has 0 N–H and O–H groups in total. The van der Waals surface area contributed by atoms with E-state index in [2.05, 4.69) is 39.2 Å². The van der Waals surface area contributed by atoms with Crippen LogP contribution in [0.15, 0.2) is 25.3 Å². The fourth-order valence-corrected chi connectivity index (χ4v) is 4.70. The van der Waals surface area contributed by atoms with Crippen molar-refractivity contribution in [2.24, 2.45) is 11.8 Å². The third-order valence-corrected chi connectivity index (χ3v) is 6.19. The maximum absolute atomic E-state index is 6.68. The summed E-state index contributed by atoms with van der Waals surface area (Å²) in [5.74, 6) is 0.734. The second kappa shape index (κ2) is 4.99. The van der Waals surface area contributed by atoms with Gasteiger partial charge in [-0.2, -0.15) is 0 Å². The normalized spacial score (nSPS) is 51.7. The smallest absolute Gasteiger partial charge is 0.101 e. The molecular formula is C18H28O2. The van der Waals surface area contributed by atoms with Crippen LogP contribution in [0.1, 0.15) is 52.4 Å². The van der Waals surface area contributed by atoms with E-state index in [4.69, 9.17) is 9.47 Å². The highest BCUT2D eigenvalue weighted by Gasteiger charge is 2.62. The number of rotatable bonds is 2. The summed E-state index contributed by atoms with van der Waals surface area (Å²) in [5, 5.41) is 0. The van der Waals surface area contributed by atoms with Crippen LogP contribution in [-0.2, 0) is 9.47 Å². The molecule has 112 valence electrons. The van der Waals surface area contributed by atoms with Crippen molar-refractivity contribution in [3.63, 3.8) is 0 Å². The summed E-state index contributed by atoms with van der Waals surface area (Å²) in [6.45, 7) is 12.6. The zero-order valence-electron chi connectivity index (χ0n) is 12.9. The molecule has 0 aromatic rings. The molecule has 2 nitrogen and oxygen atoms in total. The Labute approximate surface area is 123 Å². The SMILES string of the molecule is C=C[C@@H]1CC[C@H](C=C)[C@@]2(C)O[C@H]3CCCC[C@@H]3O[C@@]12C. The van der Waals surface area contributed by atoms with Gasteiger partial charge in [0.25, 0.3) is 0 Å². The van der Waals surface area contributed by atoms with Crippen LogP contribution < -0.4 is 0 Å². The Morgan fingerprint density at radius 3 is 1.55 bits per heavy atom. The molecule has 3 aliphatic rings. The predicted octanol–water partition coefficient (Wildman–Crippen LogP) is 4.26. The molecule has 0 aromatic carbocycles. The van der Waals surface area contributed by atoms with Gasteiger partial charge < -0.3 is 9.47 Å². The van der Waals surface area contributed by atoms with Crippen molar-refractivity contribution >= 4 is 0 Å². The second-order valence-electron chi connectivity index (χ2n) is 7.07. The van der Waals surface area contributed by atoms with Crippen molar-refractivity contribution in [3.8, 4) is 0 Å². The monoisotopic (exact) mass is 276 g/mol. The minimum absolute atomic E-state index is 0.271. The van der Waals surface area contributed by atoms with Gasteiger partial charge in [-0.25, -0.2) is 0 Å². The van der Waals surface area contributed by atoms with E-state index < -0.39 is 0 Å². The number of fused-ring (bicyclic) bond motifs is 2. The number of hydrogen-bond donors (Lipinski definition) is 0. The fourth-order valence-electron chi connectivity index (χ4n) is 4.70. The first kappa shape index (κ1) is 14.3. The molecule has 0 spiro atoms. The summed E-state index contributed by atoms with van der Waals surface area (Å²) in [6, 6.07) is 0. The molecule has 3 fully saturated rings. The van der Waals surface area contributed by atoms with Gasteiger partial charge >= 0.3 is 0 Å². The molecule has 0 bridgehead atoms. The van der Waals surface area contributed by atoms with Crippen LogP contribution in [-0.4, -0.2) is 23.4 Å². The van der Waals surface area contributed by atoms with E-state index in [1.54, 1.807) is 0 Å². The van der Waals surface area contributed by atoms with Crippen molar-refractivity contribution in [3.05, 3.63) is 25.3 Å². The van der Waals surface area contributed by atoms with Crippen LogP contribution in [0.3, 0.4) is 0 Å². The number of hydrogen-bond acceptors (Lipinski definition) is 2. The molecule has 0 aromatic heterocycles. The lowest BCUT2D eigenvalue weighted by Crippen LogP contribution is -2.70. The van der Waals surface area contributed by atoms with E-state index >= 15 is 0 Å². The molecule has 0 unspecified atom stereocenters. The minimum atomic E-state index is -0.273. The van der Waals surface area contributed by atoms with E-state index in [0.717, 1.165) is 25.7 Å². The Hall–Kier alpha value is -0.600. The second-order valence-corrected chi connectivity index (χ2v) is 7.07. The predicted molar refractivity (Wildman–Crippen MR) is 81.6 cm³/mol. The highest BCUT2D eigenvalue weighted by molar-refractivity contribution is 5.17. The van der Waals surface area contributed by atoms with Gasteiger partial charge in [0.1, 0.15) is 11.2 Å². The van der Waals surface area contributed by atoms with Gasteiger partial charge in [0.05, 0.1) is 12.2 Å². The molecule has 2 aliphatic carbocycles. The van der Waals surface area contributed by atoms with Crippen molar-refractivity contribution in [1.82, 2.24) is 0 Å². The first-order valence-corrected chi connectivity index (χ1v) is 8.16. The Kier molecular flexibility index (Phi) is 3.58. The molecule has 3 rings (SSSR count). The third kappa shape index (κ3) is 1.84. The van der Waals surface area contributed by atoms with Crippen LogP contribution in [0.2, 0.25) is 0 Å². The maximum Gasteiger partial charge on any atom is 0.101 e. The minimum Gasteiger partial charge on any atom is -0.366 e. The average molecular weight is 276 g/mol. The Morgan fingerprint density at radius 2 is 1.20 bits per heavy atom. The van der Waals surface area contributed by atoms with Gasteiger partial charge in [-0.15, -0.1) is 13.2 Å². The van der Waals surface area contributed by atoms with Crippen molar-refractivity contribution in [2.45, 2.75) is 75.8 Å². The summed E-state index contributed by atoms with van der Waals surface area (Å²) in [4.78, 5) is 0. The van der Waals surface area contributed by atoms with Crippen molar-refractivity contribution in [2.75, 3.05) is 0 Å². The van der Waals surface area contributed by atoms with Crippen LogP contribution in [0, 0.1) is 11.8 Å². The largest absolute Gasteiger partial charge is 0.366 e. The lowest BCUT2D eigenvalue weighted by molar-refractivity contribution is -0.344. The Balaban J connectivity index is 1.98. The van der Waals surface area contributed by atoms with E-state index in [9.17, 15) is 0 Å². The zero-order valence-corrected chi connectivity index (χ0v) is 12.9. The molecule has 20 heavy (non-hydrogen) atoms. The third-order valence-electron chi connectivity index (χ3n) is 6.19. The summed E-state index contributed by atoms with van der Waals surface area (Å²) in [6.07, 6.45) is 11.7. The summed E-state index contributed by atoms with van der Waals surface area (Å²) < 4.78 is 13.4. The van der Waals surface area contributed by atoms with Gasteiger partial charge in [0.15, 0.2) is 0 Å². The molecule has 1 saturated heterocycles. The van der Waals surface area contributed by atoms with E-state index in [1.165, 1.54) is 12.8 Å². The van der Waals surface area contributed by atoms with E-state index in [0.29, 0.717) is 11.8 Å². The molecule has 1 aliphatic heterocycles. The quantitative estimate of drug-likeness (QED) is 0.702. The van der Waals surface area contributed by atoms with Gasteiger partial charge in [-0.3, -0.25) is 0 Å². The summed E-state index contributed by atoms with van der Waals surface area (Å²) in [5.41, 5.74) is -0.547.